The van der Waals surface area contributed by atoms with Gasteiger partial charge in [0.1, 0.15) is 0 Å². The minimum atomic E-state index is -0.876. The molecule has 0 bridgehead atoms. The van der Waals surface area contributed by atoms with Gasteiger partial charge in [-0.15, -0.1) is 0 Å². The van der Waals surface area contributed by atoms with Crippen LogP contribution in [0.4, 0.5) is 5.69 Å². The van der Waals surface area contributed by atoms with E-state index in [0.717, 1.165) is 31.9 Å². The topological polar surface area (TPSA) is 43.8 Å². The molecule has 1 atom stereocenters. The highest BCUT2D eigenvalue weighted by Crippen LogP contribution is 2.26. The van der Waals surface area contributed by atoms with Crippen molar-refractivity contribution in [3.05, 3.63) is 64.7 Å². The van der Waals surface area contributed by atoms with E-state index in [1.807, 2.05) is 12.1 Å². The normalized spacial score (nSPS) is 16.7. The van der Waals surface area contributed by atoms with Crippen LogP contribution >= 0.6 is 0 Å². The van der Waals surface area contributed by atoms with E-state index in [2.05, 4.69) is 48.8 Å². The maximum absolute atomic E-state index is 11.0. The van der Waals surface area contributed by atoms with E-state index < -0.39 is 5.97 Å². The second kappa shape index (κ2) is 7.28. The van der Waals surface area contributed by atoms with Gasteiger partial charge in [0.05, 0.1) is 5.56 Å². The lowest BCUT2D eigenvalue weighted by molar-refractivity contribution is 0.0697. The van der Waals surface area contributed by atoms with Crippen molar-refractivity contribution in [2.75, 3.05) is 31.1 Å². The number of benzene rings is 2. The van der Waals surface area contributed by atoms with Crippen LogP contribution in [0.3, 0.4) is 0 Å². The molecule has 0 saturated carbocycles. The molecule has 2 aromatic rings. The minimum absolute atomic E-state index is 0.339. The van der Waals surface area contributed by atoms with Gasteiger partial charge in [-0.05, 0) is 56.2 Å². The van der Waals surface area contributed by atoms with E-state index in [9.17, 15) is 4.79 Å². The molecule has 1 fully saturated rings. The number of nitrogens with zero attached hydrogens (tertiary/aromatic N) is 2. The maximum Gasteiger partial charge on any atom is 0.335 e. The number of carboxylic acid groups (broad SMARTS) is 1. The molecular weight excluding hydrogens is 312 g/mol. The van der Waals surface area contributed by atoms with Gasteiger partial charge in [0.15, 0.2) is 0 Å². The quantitative estimate of drug-likeness (QED) is 0.919. The zero-order valence-electron chi connectivity index (χ0n) is 15.2. The van der Waals surface area contributed by atoms with Crippen molar-refractivity contribution >= 4 is 11.7 Å². The van der Waals surface area contributed by atoms with Crippen LogP contribution in [-0.2, 0) is 0 Å². The first-order chi connectivity index (χ1) is 12.0. The number of piperazine rings is 1. The fourth-order valence-electron chi connectivity index (χ4n) is 3.67. The number of hydrogen-bond acceptors (Lipinski definition) is 3. The van der Waals surface area contributed by atoms with Gasteiger partial charge in [-0.2, -0.15) is 0 Å². The summed E-state index contributed by atoms with van der Waals surface area (Å²) in [5.41, 5.74) is 5.52. The summed E-state index contributed by atoms with van der Waals surface area (Å²) in [4.78, 5) is 15.8. The molecule has 1 unspecified atom stereocenters. The Balaban J connectivity index is 1.64. The molecular formula is C21H26N2O2. The maximum atomic E-state index is 11.0. The third kappa shape index (κ3) is 3.85. The Labute approximate surface area is 149 Å². The number of rotatable bonds is 4. The van der Waals surface area contributed by atoms with Gasteiger partial charge in [-0.25, -0.2) is 4.79 Å². The highest BCUT2D eigenvalue weighted by Gasteiger charge is 2.23. The first-order valence-corrected chi connectivity index (χ1v) is 8.85. The van der Waals surface area contributed by atoms with Crippen molar-refractivity contribution in [2.24, 2.45) is 0 Å². The van der Waals surface area contributed by atoms with Crippen LogP contribution in [0.1, 0.15) is 40.0 Å². The van der Waals surface area contributed by atoms with Gasteiger partial charge < -0.3 is 10.0 Å². The first-order valence-electron chi connectivity index (χ1n) is 8.85. The number of carbonyl (C=O) groups is 1. The molecule has 3 rings (SSSR count). The summed E-state index contributed by atoms with van der Waals surface area (Å²) in [6, 6.07) is 14.3. The highest BCUT2D eigenvalue weighted by atomic mass is 16.4. The zero-order chi connectivity index (χ0) is 18.0. The molecule has 0 radical (unpaired) electrons. The molecule has 132 valence electrons. The van der Waals surface area contributed by atoms with Crippen LogP contribution in [0.25, 0.3) is 0 Å². The molecule has 4 nitrogen and oxygen atoms in total. The average molecular weight is 338 g/mol. The molecule has 1 aliphatic rings. The Morgan fingerprint density at radius 2 is 1.64 bits per heavy atom. The van der Waals surface area contributed by atoms with Crippen molar-refractivity contribution in [1.82, 2.24) is 4.90 Å². The Morgan fingerprint density at radius 1 is 1.00 bits per heavy atom. The third-order valence-electron chi connectivity index (χ3n) is 5.22. The summed E-state index contributed by atoms with van der Waals surface area (Å²) in [5, 5.41) is 9.01. The van der Waals surface area contributed by atoms with E-state index in [-0.39, 0.29) is 0 Å². The molecule has 1 aliphatic heterocycles. The van der Waals surface area contributed by atoms with Crippen molar-refractivity contribution in [3.63, 3.8) is 0 Å². The van der Waals surface area contributed by atoms with Crippen molar-refractivity contribution in [2.45, 2.75) is 26.8 Å². The van der Waals surface area contributed by atoms with E-state index >= 15 is 0 Å². The van der Waals surface area contributed by atoms with E-state index in [1.165, 1.54) is 16.7 Å². The summed E-state index contributed by atoms with van der Waals surface area (Å²) < 4.78 is 0. The summed E-state index contributed by atoms with van der Waals surface area (Å²) in [5.74, 6) is -0.876. The molecule has 25 heavy (non-hydrogen) atoms. The van der Waals surface area contributed by atoms with Crippen molar-refractivity contribution < 1.29 is 9.90 Å². The number of anilines is 1. The summed E-state index contributed by atoms with van der Waals surface area (Å²) in [7, 11) is 0. The Kier molecular flexibility index (Phi) is 5.09. The standard InChI is InChI=1S/C21H26N2O2/c1-15-4-9-20(16(2)14-15)17(3)22-10-12-23(13-11-22)19-7-5-18(6-8-19)21(24)25/h4-9,14,17H,10-13H2,1-3H3,(H,24,25). The van der Waals surface area contributed by atoms with Crippen LogP contribution in [0.15, 0.2) is 42.5 Å². The lowest BCUT2D eigenvalue weighted by atomic mass is 9.98. The summed E-state index contributed by atoms with van der Waals surface area (Å²) >= 11 is 0. The van der Waals surface area contributed by atoms with Gasteiger partial charge in [0.25, 0.3) is 0 Å². The van der Waals surface area contributed by atoms with Crippen molar-refractivity contribution in [3.8, 4) is 0 Å². The fraction of sp³-hybridized carbons (Fsp3) is 0.381. The van der Waals surface area contributed by atoms with Gasteiger partial charge >= 0.3 is 5.97 Å². The second-order valence-corrected chi connectivity index (χ2v) is 6.91. The van der Waals surface area contributed by atoms with Gasteiger partial charge in [-0.1, -0.05) is 23.8 Å². The zero-order valence-corrected chi connectivity index (χ0v) is 15.2. The number of aryl methyl sites for hydroxylation is 2. The molecule has 0 spiro atoms. The second-order valence-electron chi connectivity index (χ2n) is 6.91. The lowest BCUT2D eigenvalue weighted by Crippen LogP contribution is -2.47. The Morgan fingerprint density at radius 3 is 2.20 bits per heavy atom. The average Bonchev–Trinajstić information content (AvgIpc) is 2.61. The predicted molar refractivity (Wildman–Crippen MR) is 102 cm³/mol. The number of carboxylic acids is 1. The molecule has 0 aliphatic carbocycles. The van der Waals surface area contributed by atoms with Crippen molar-refractivity contribution in [1.29, 1.82) is 0 Å². The summed E-state index contributed by atoms with van der Waals surface area (Å²) in [6.07, 6.45) is 0. The molecule has 1 heterocycles. The SMILES string of the molecule is Cc1ccc(C(C)N2CCN(c3ccc(C(=O)O)cc3)CC2)c(C)c1. The summed E-state index contributed by atoms with van der Waals surface area (Å²) in [6.45, 7) is 10.6. The first kappa shape index (κ1) is 17.5. The molecule has 1 N–H and O–H groups in total. The smallest absolute Gasteiger partial charge is 0.335 e. The highest BCUT2D eigenvalue weighted by molar-refractivity contribution is 5.88. The minimum Gasteiger partial charge on any atom is -0.478 e. The van der Waals surface area contributed by atoms with E-state index in [0.29, 0.717) is 11.6 Å². The van der Waals surface area contributed by atoms with Crippen LogP contribution in [-0.4, -0.2) is 42.2 Å². The van der Waals surface area contributed by atoms with Crippen LogP contribution in [0, 0.1) is 13.8 Å². The van der Waals surface area contributed by atoms with Crippen LogP contribution in [0.5, 0.6) is 0 Å². The largest absolute Gasteiger partial charge is 0.478 e. The molecule has 0 aromatic heterocycles. The molecule has 2 aromatic carbocycles. The van der Waals surface area contributed by atoms with E-state index in [4.69, 9.17) is 5.11 Å². The Bertz CT molecular complexity index is 747. The van der Waals surface area contributed by atoms with Gasteiger partial charge in [0.2, 0.25) is 0 Å². The van der Waals surface area contributed by atoms with Crippen LogP contribution in [0.2, 0.25) is 0 Å². The number of aromatic carboxylic acids is 1. The monoisotopic (exact) mass is 338 g/mol. The lowest BCUT2D eigenvalue weighted by Gasteiger charge is -2.39. The number of hydrogen-bond donors (Lipinski definition) is 1. The molecule has 1 saturated heterocycles. The Hall–Kier alpha value is -2.33. The molecule has 4 heteroatoms. The predicted octanol–water partition coefficient (Wildman–Crippen LogP) is 3.88. The van der Waals surface area contributed by atoms with E-state index in [1.54, 1.807) is 12.1 Å². The van der Waals surface area contributed by atoms with Gasteiger partial charge in [0, 0.05) is 37.9 Å². The molecule has 0 amide bonds. The third-order valence-corrected chi connectivity index (χ3v) is 5.22. The van der Waals surface area contributed by atoms with Crippen LogP contribution < -0.4 is 4.90 Å². The van der Waals surface area contributed by atoms with Gasteiger partial charge in [-0.3, -0.25) is 4.90 Å². The fourth-order valence-corrected chi connectivity index (χ4v) is 3.67.